The average molecular weight is 485 g/mol. The molecule has 0 radical (unpaired) electrons. The van der Waals surface area contributed by atoms with E-state index < -0.39 is 22.4 Å². The molecule has 2 aliphatic heterocycles. The number of carboxylic acid groups (broad SMARTS) is 1. The number of piperazine rings is 1. The molecular formula is C21H22F3N3O5S. The van der Waals surface area contributed by atoms with Gasteiger partial charge in [0.05, 0.1) is 4.90 Å². The molecule has 0 spiro atoms. The van der Waals surface area contributed by atoms with Crippen molar-refractivity contribution in [2.45, 2.75) is 17.7 Å². The summed E-state index contributed by atoms with van der Waals surface area (Å²) in [5.41, 5.74) is 2.21. The van der Waals surface area contributed by atoms with Crippen molar-refractivity contribution in [2.75, 3.05) is 49.1 Å². The zero-order valence-corrected chi connectivity index (χ0v) is 18.3. The van der Waals surface area contributed by atoms with Crippen LogP contribution in [0.5, 0.6) is 5.75 Å². The second-order valence-corrected chi connectivity index (χ2v) is 9.73. The maximum atomic E-state index is 13.2. The Hall–Kier alpha value is -2.99. The number of hydrogen-bond acceptors (Lipinski definition) is 6. The molecule has 1 saturated heterocycles. The molecule has 4 rings (SSSR count). The summed E-state index contributed by atoms with van der Waals surface area (Å²) < 4.78 is 68.6. The van der Waals surface area contributed by atoms with Crippen LogP contribution in [0.4, 0.5) is 24.5 Å². The number of rotatable bonds is 6. The van der Waals surface area contributed by atoms with Crippen LogP contribution in [-0.2, 0) is 21.2 Å². The van der Waals surface area contributed by atoms with Crippen LogP contribution in [0.25, 0.3) is 0 Å². The van der Waals surface area contributed by atoms with Crippen molar-refractivity contribution in [3.05, 3.63) is 48.0 Å². The Morgan fingerprint density at radius 2 is 1.67 bits per heavy atom. The highest BCUT2D eigenvalue weighted by molar-refractivity contribution is 7.89. The fourth-order valence-electron chi connectivity index (χ4n) is 4.11. The van der Waals surface area contributed by atoms with Gasteiger partial charge in [0.25, 0.3) is 0 Å². The Kier molecular flexibility index (Phi) is 6.14. The summed E-state index contributed by atoms with van der Waals surface area (Å²) in [6, 6.07) is 10.3. The van der Waals surface area contributed by atoms with Crippen LogP contribution in [0.15, 0.2) is 47.4 Å². The first kappa shape index (κ1) is 23.2. The van der Waals surface area contributed by atoms with Gasteiger partial charge in [0.2, 0.25) is 10.0 Å². The zero-order valence-electron chi connectivity index (χ0n) is 17.5. The van der Waals surface area contributed by atoms with E-state index in [1.54, 1.807) is 17.0 Å². The number of sulfonamides is 1. The maximum absolute atomic E-state index is 13.2. The molecule has 2 aliphatic rings. The van der Waals surface area contributed by atoms with E-state index in [-0.39, 0.29) is 30.3 Å². The Morgan fingerprint density at radius 1 is 1.00 bits per heavy atom. The predicted octanol–water partition coefficient (Wildman–Crippen LogP) is 2.54. The van der Waals surface area contributed by atoms with Crippen LogP contribution in [0.2, 0.25) is 0 Å². The molecular weight excluding hydrogens is 463 g/mol. The lowest BCUT2D eigenvalue weighted by atomic mass is 10.2. The molecule has 0 unspecified atom stereocenters. The number of fused-ring (bicyclic) bond motifs is 1. The van der Waals surface area contributed by atoms with Gasteiger partial charge in [-0.25, -0.2) is 8.42 Å². The summed E-state index contributed by atoms with van der Waals surface area (Å²) in [7, 11) is -3.78. The van der Waals surface area contributed by atoms with Crippen LogP contribution in [0.1, 0.15) is 5.56 Å². The lowest BCUT2D eigenvalue weighted by Gasteiger charge is -2.35. The topological polar surface area (TPSA) is 90.4 Å². The number of benzene rings is 2. The molecule has 0 amide bonds. The Bertz CT molecular complexity index is 1130. The van der Waals surface area contributed by atoms with Gasteiger partial charge in [-0.05, 0) is 48.4 Å². The zero-order chi connectivity index (χ0) is 23.8. The largest absolute Gasteiger partial charge is 0.573 e. The first-order chi connectivity index (χ1) is 15.5. The van der Waals surface area contributed by atoms with E-state index in [0.717, 1.165) is 5.56 Å². The Morgan fingerprint density at radius 3 is 2.27 bits per heavy atom. The molecule has 1 fully saturated rings. The second kappa shape index (κ2) is 8.75. The van der Waals surface area contributed by atoms with Gasteiger partial charge in [-0.3, -0.25) is 4.79 Å². The fourth-order valence-corrected chi connectivity index (χ4v) is 5.55. The van der Waals surface area contributed by atoms with Crippen LogP contribution in [-0.4, -0.2) is 69.4 Å². The Labute approximate surface area is 188 Å². The van der Waals surface area contributed by atoms with E-state index in [9.17, 15) is 26.4 Å². The third kappa shape index (κ3) is 5.17. The molecule has 0 atom stereocenters. The molecule has 0 saturated carbocycles. The standard InChI is InChI=1S/C21H22F3N3O5S/c22-21(23,24)32-17-4-2-16(3-5-17)25-9-11-27(12-10-25)33(30,31)18-6-1-15-7-8-26(14-20(28)29)19(15)13-18/h1-6,13H,7-12,14H2,(H,28,29). The number of nitrogens with zero attached hydrogens (tertiary/aromatic N) is 3. The van der Waals surface area contributed by atoms with Crippen LogP contribution in [0, 0.1) is 0 Å². The van der Waals surface area contributed by atoms with Gasteiger partial charge in [0.15, 0.2) is 0 Å². The maximum Gasteiger partial charge on any atom is 0.573 e. The van der Waals surface area contributed by atoms with E-state index in [0.29, 0.717) is 37.4 Å². The molecule has 2 aromatic rings. The third-order valence-electron chi connectivity index (χ3n) is 5.69. The highest BCUT2D eigenvalue weighted by Gasteiger charge is 2.32. The summed E-state index contributed by atoms with van der Waals surface area (Å²) in [5.74, 6) is -1.30. The van der Waals surface area contributed by atoms with E-state index in [2.05, 4.69) is 4.74 Å². The van der Waals surface area contributed by atoms with E-state index in [1.807, 2.05) is 4.90 Å². The fraction of sp³-hybridized carbons (Fsp3) is 0.381. The van der Waals surface area contributed by atoms with Crippen molar-refractivity contribution in [3.8, 4) is 5.75 Å². The normalized spacial score (nSPS) is 17.2. The molecule has 1 N–H and O–H groups in total. The number of carbonyl (C=O) groups is 1. The Balaban J connectivity index is 1.43. The van der Waals surface area contributed by atoms with E-state index >= 15 is 0 Å². The summed E-state index contributed by atoms with van der Waals surface area (Å²) in [4.78, 5) is 14.7. The van der Waals surface area contributed by atoms with Gasteiger partial charge in [0.1, 0.15) is 12.3 Å². The predicted molar refractivity (Wildman–Crippen MR) is 114 cm³/mol. The molecule has 12 heteroatoms. The second-order valence-electron chi connectivity index (χ2n) is 7.79. The number of alkyl halides is 3. The van der Waals surface area contributed by atoms with Crippen molar-refractivity contribution < 1.29 is 36.2 Å². The molecule has 8 nitrogen and oxygen atoms in total. The van der Waals surface area contributed by atoms with Gasteiger partial charge < -0.3 is 19.6 Å². The number of carboxylic acids is 1. The van der Waals surface area contributed by atoms with Crippen molar-refractivity contribution >= 4 is 27.4 Å². The van der Waals surface area contributed by atoms with Crippen molar-refractivity contribution in [1.82, 2.24) is 4.31 Å². The molecule has 33 heavy (non-hydrogen) atoms. The number of halogens is 3. The minimum Gasteiger partial charge on any atom is -0.480 e. The van der Waals surface area contributed by atoms with Crippen molar-refractivity contribution in [1.29, 1.82) is 0 Å². The smallest absolute Gasteiger partial charge is 0.480 e. The third-order valence-corrected chi connectivity index (χ3v) is 7.58. The number of hydrogen-bond donors (Lipinski definition) is 1. The lowest BCUT2D eigenvalue weighted by molar-refractivity contribution is -0.274. The summed E-state index contributed by atoms with van der Waals surface area (Å²) in [6.45, 7) is 1.49. The van der Waals surface area contributed by atoms with Crippen LogP contribution >= 0.6 is 0 Å². The molecule has 2 aromatic carbocycles. The molecule has 2 heterocycles. The summed E-state index contributed by atoms with van der Waals surface area (Å²) in [6.07, 6.45) is -4.10. The monoisotopic (exact) mass is 485 g/mol. The first-order valence-electron chi connectivity index (χ1n) is 10.2. The molecule has 0 bridgehead atoms. The minimum absolute atomic E-state index is 0.112. The minimum atomic E-state index is -4.76. The SMILES string of the molecule is O=C(O)CN1CCc2ccc(S(=O)(=O)N3CCN(c4ccc(OC(F)(F)F)cc4)CC3)cc21. The molecule has 178 valence electrons. The molecule has 0 aliphatic carbocycles. The average Bonchev–Trinajstić information content (AvgIpc) is 3.15. The highest BCUT2D eigenvalue weighted by Crippen LogP contribution is 2.32. The van der Waals surface area contributed by atoms with Crippen LogP contribution in [0.3, 0.4) is 0 Å². The van der Waals surface area contributed by atoms with Gasteiger partial charge in [-0.2, -0.15) is 4.31 Å². The van der Waals surface area contributed by atoms with Crippen molar-refractivity contribution in [2.24, 2.45) is 0 Å². The first-order valence-corrected chi connectivity index (χ1v) is 11.7. The van der Waals surface area contributed by atoms with Crippen LogP contribution < -0.4 is 14.5 Å². The quantitative estimate of drug-likeness (QED) is 0.673. The lowest BCUT2D eigenvalue weighted by Crippen LogP contribution is -2.48. The van der Waals surface area contributed by atoms with Gasteiger partial charge in [-0.15, -0.1) is 13.2 Å². The van der Waals surface area contributed by atoms with Gasteiger partial charge in [0, 0.05) is 44.1 Å². The van der Waals surface area contributed by atoms with Gasteiger partial charge >= 0.3 is 12.3 Å². The van der Waals surface area contributed by atoms with E-state index in [1.165, 1.54) is 34.6 Å². The van der Waals surface area contributed by atoms with E-state index in [4.69, 9.17) is 5.11 Å². The molecule has 0 aromatic heterocycles. The number of aliphatic carboxylic acids is 1. The van der Waals surface area contributed by atoms with Crippen molar-refractivity contribution in [3.63, 3.8) is 0 Å². The highest BCUT2D eigenvalue weighted by atomic mass is 32.2. The number of ether oxygens (including phenoxy) is 1. The summed E-state index contributed by atoms with van der Waals surface area (Å²) >= 11 is 0. The van der Waals surface area contributed by atoms with Gasteiger partial charge in [-0.1, -0.05) is 6.07 Å². The number of anilines is 2. The summed E-state index contributed by atoms with van der Waals surface area (Å²) in [5, 5.41) is 9.09.